The van der Waals surface area contributed by atoms with Gasteiger partial charge in [-0.15, -0.1) is 108 Å². The van der Waals surface area contributed by atoms with Crippen LogP contribution in [0.1, 0.15) is 0 Å². The van der Waals surface area contributed by atoms with E-state index in [2.05, 4.69) is 237 Å². The first-order chi connectivity index (χ1) is 50.6. The Labute approximate surface area is 606 Å². The molecule has 21 aromatic rings. The van der Waals surface area contributed by atoms with Gasteiger partial charge < -0.3 is 0 Å². The molecular formula is C93H54IrN9-3. The molecule has 0 saturated heterocycles. The van der Waals surface area contributed by atoms with E-state index in [0.29, 0.717) is 17.5 Å². The molecule has 0 N–H and O–H groups in total. The number of pyridine rings is 3. The minimum absolute atomic E-state index is 0. The van der Waals surface area contributed by atoms with E-state index < -0.39 is 0 Å². The predicted octanol–water partition coefficient (Wildman–Crippen LogP) is 22.7. The van der Waals surface area contributed by atoms with Gasteiger partial charge in [0.2, 0.25) is 0 Å². The van der Waals surface area contributed by atoms with Gasteiger partial charge in [-0.1, -0.05) is 218 Å². The van der Waals surface area contributed by atoms with E-state index in [1.54, 1.807) is 0 Å². The van der Waals surface area contributed by atoms with Crippen LogP contribution in [0, 0.1) is 18.2 Å². The molecule has 15 aromatic carbocycles. The molecule has 103 heavy (non-hydrogen) atoms. The van der Waals surface area contributed by atoms with Gasteiger partial charge in [0, 0.05) is 118 Å². The zero-order valence-corrected chi connectivity index (χ0v) is 57.4. The second kappa shape index (κ2) is 26.5. The van der Waals surface area contributed by atoms with Crippen LogP contribution in [-0.4, -0.2) is 44.9 Å². The number of benzene rings is 15. The SMILES string of the molecule is [Ir].[c-]1ccccc1-c1nc2ccc3c(-c4ccccc4)nc(-c4ccccc4)c4ccc(n1)c2c34.[c-]1ccccc1-c1nc2ccc3c(-c4ccccc4)nc(-c4ccccc4)c4ccc(n1)c2c34.[c-]1ccccc1-c1nc2ccc3c(-c4ccccc4)nc(-c4ccccc4)c4ccc(n1)c2c34. The fourth-order valence-corrected chi connectivity index (χ4v) is 14.4. The monoisotopic (exact) mass is 1490 g/mol. The zero-order chi connectivity index (χ0) is 67.5. The van der Waals surface area contributed by atoms with E-state index in [9.17, 15) is 0 Å². The van der Waals surface area contributed by atoms with E-state index in [4.69, 9.17) is 44.9 Å². The van der Waals surface area contributed by atoms with Gasteiger partial charge in [-0.25, -0.2) is 15.0 Å². The summed E-state index contributed by atoms with van der Waals surface area (Å²) < 4.78 is 0. The third-order valence-electron chi connectivity index (χ3n) is 19.0. The number of hydrogen-bond acceptors (Lipinski definition) is 9. The summed E-state index contributed by atoms with van der Waals surface area (Å²) in [6, 6.07) is 121. The van der Waals surface area contributed by atoms with Crippen molar-refractivity contribution in [1.29, 1.82) is 0 Å². The Morgan fingerprint density at radius 2 is 0.350 bits per heavy atom. The molecule has 0 spiro atoms. The van der Waals surface area contributed by atoms with Crippen molar-refractivity contribution in [2.75, 3.05) is 0 Å². The summed E-state index contributed by atoms with van der Waals surface area (Å²) in [6.07, 6.45) is 0. The van der Waals surface area contributed by atoms with Crippen molar-refractivity contribution in [2.45, 2.75) is 0 Å². The van der Waals surface area contributed by atoms with E-state index in [1.807, 2.05) is 109 Å². The Balaban J connectivity index is 0.000000110. The van der Waals surface area contributed by atoms with Crippen molar-refractivity contribution < 1.29 is 20.1 Å². The second-order valence-corrected chi connectivity index (χ2v) is 25.1. The van der Waals surface area contributed by atoms with E-state index in [-0.39, 0.29) is 20.1 Å². The summed E-state index contributed by atoms with van der Waals surface area (Å²) in [5.41, 5.74) is 20.7. The van der Waals surface area contributed by atoms with Crippen LogP contribution in [-0.2, 0) is 20.1 Å². The smallest absolute Gasteiger partial charge is 0.0788 e. The average molecular weight is 1490 g/mol. The number of rotatable bonds is 9. The van der Waals surface area contributed by atoms with Crippen molar-refractivity contribution in [2.24, 2.45) is 0 Å². The van der Waals surface area contributed by atoms with E-state index in [1.165, 1.54) is 0 Å². The normalized spacial score (nSPS) is 11.4. The minimum Gasteiger partial charge on any atom is -0.277 e. The summed E-state index contributed by atoms with van der Waals surface area (Å²) in [7, 11) is 0. The molecule has 21 rings (SSSR count). The van der Waals surface area contributed by atoms with Gasteiger partial charge >= 0.3 is 0 Å². The number of hydrogen-bond donors (Lipinski definition) is 0. The van der Waals surface area contributed by atoms with Gasteiger partial charge in [0.05, 0.1) is 84.7 Å². The Morgan fingerprint density at radius 3 is 0.524 bits per heavy atom. The van der Waals surface area contributed by atoms with Crippen molar-refractivity contribution in [3.05, 3.63) is 346 Å². The first-order valence-electron chi connectivity index (χ1n) is 33.9. The standard InChI is InChI=1S/3C31H18N3.Ir/c3*1-4-10-20(11-5-1)29-23-16-18-25-28-26(33-31(32-25)22-14-8-3-9-15-22)19-17-24(27(23)28)30(34-29)21-12-6-2-7-13-21;/h3*1-14,16-19H;/q3*-1;. The molecule has 0 fully saturated rings. The van der Waals surface area contributed by atoms with Gasteiger partial charge in [0.25, 0.3) is 0 Å². The molecule has 0 aliphatic carbocycles. The van der Waals surface area contributed by atoms with Gasteiger partial charge in [-0.3, -0.25) is 29.9 Å². The van der Waals surface area contributed by atoms with E-state index in [0.717, 1.165) is 182 Å². The van der Waals surface area contributed by atoms with Gasteiger partial charge in [0.15, 0.2) is 0 Å². The third kappa shape index (κ3) is 11.2. The molecule has 0 saturated carbocycles. The van der Waals surface area contributed by atoms with E-state index >= 15 is 0 Å². The molecule has 0 amide bonds. The summed E-state index contributed by atoms with van der Waals surface area (Å²) in [4.78, 5) is 45.3. The molecule has 0 bridgehead atoms. The molecule has 1 radical (unpaired) electrons. The Bertz CT molecular complexity index is 5660. The Kier molecular flexibility index (Phi) is 15.9. The van der Waals surface area contributed by atoms with Crippen LogP contribution in [0.2, 0.25) is 0 Å². The topological polar surface area (TPSA) is 116 Å². The van der Waals surface area contributed by atoms with Crippen LogP contribution in [0.15, 0.2) is 328 Å². The number of aromatic nitrogens is 9. The van der Waals surface area contributed by atoms with Crippen molar-refractivity contribution in [3.8, 4) is 102 Å². The largest absolute Gasteiger partial charge is 0.277 e. The molecule has 0 unspecified atom stereocenters. The second-order valence-electron chi connectivity index (χ2n) is 25.1. The van der Waals surface area contributed by atoms with Gasteiger partial charge in [-0.2, -0.15) is 0 Å². The summed E-state index contributed by atoms with van der Waals surface area (Å²) in [5.74, 6) is 2.07. The van der Waals surface area contributed by atoms with Gasteiger partial charge in [0.1, 0.15) is 0 Å². The van der Waals surface area contributed by atoms with Crippen molar-refractivity contribution >= 4 is 97.7 Å². The molecular weight excluding hydrogens is 1440 g/mol. The fraction of sp³-hybridized carbons (Fsp3) is 0. The molecule has 6 aromatic heterocycles. The summed E-state index contributed by atoms with van der Waals surface area (Å²) >= 11 is 0. The van der Waals surface area contributed by atoms with Crippen LogP contribution >= 0.6 is 0 Å². The molecule has 6 heterocycles. The van der Waals surface area contributed by atoms with Crippen molar-refractivity contribution in [3.63, 3.8) is 0 Å². The fourth-order valence-electron chi connectivity index (χ4n) is 14.4. The molecule has 9 nitrogen and oxygen atoms in total. The predicted molar refractivity (Wildman–Crippen MR) is 416 cm³/mol. The molecule has 483 valence electrons. The molecule has 0 atom stereocenters. The van der Waals surface area contributed by atoms with Crippen LogP contribution in [0.3, 0.4) is 0 Å². The van der Waals surface area contributed by atoms with Crippen LogP contribution in [0.4, 0.5) is 0 Å². The number of nitrogens with zero attached hydrogens (tertiary/aromatic N) is 9. The first-order valence-corrected chi connectivity index (χ1v) is 33.9. The summed E-state index contributed by atoms with van der Waals surface area (Å²) in [5, 5.41) is 13.4. The average Bonchev–Trinajstić information content (AvgIpc) is 0.733. The Morgan fingerprint density at radius 1 is 0.165 bits per heavy atom. The maximum absolute atomic E-state index is 5.22. The first kappa shape index (κ1) is 62.0. The molecule has 0 aliphatic rings. The maximum Gasteiger partial charge on any atom is 0.0788 e. The third-order valence-corrected chi connectivity index (χ3v) is 19.0. The maximum atomic E-state index is 5.22. The van der Waals surface area contributed by atoms with Crippen molar-refractivity contribution in [1.82, 2.24) is 44.9 Å². The Hall–Kier alpha value is -13.2. The van der Waals surface area contributed by atoms with Crippen LogP contribution in [0.25, 0.3) is 199 Å². The molecule has 10 heteroatoms. The quantitative estimate of drug-likeness (QED) is 0.103. The minimum atomic E-state index is 0. The summed E-state index contributed by atoms with van der Waals surface area (Å²) in [6.45, 7) is 0. The van der Waals surface area contributed by atoms with Crippen LogP contribution < -0.4 is 0 Å². The van der Waals surface area contributed by atoms with Crippen LogP contribution in [0.5, 0.6) is 0 Å². The molecule has 0 aliphatic heterocycles. The zero-order valence-electron chi connectivity index (χ0n) is 55.0. The van der Waals surface area contributed by atoms with Gasteiger partial charge in [-0.05, 0) is 36.4 Å².